The summed E-state index contributed by atoms with van der Waals surface area (Å²) in [7, 11) is 2.20. The average molecular weight is 476 g/mol. The first-order valence-corrected chi connectivity index (χ1v) is 12.7. The summed E-state index contributed by atoms with van der Waals surface area (Å²) in [6.45, 7) is 8.41. The van der Waals surface area contributed by atoms with Crippen molar-refractivity contribution in [2.45, 2.75) is 36.0 Å². The third-order valence-corrected chi connectivity index (χ3v) is 7.60. The van der Waals surface area contributed by atoms with Crippen LogP contribution in [0, 0.1) is 0 Å². The van der Waals surface area contributed by atoms with Gasteiger partial charge in [-0.05, 0) is 54.6 Å². The normalized spacial score (nSPS) is 15.8. The van der Waals surface area contributed by atoms with E-state index in [2.05, 4.69) is 95.8 Å². The molecule has 5 nitrogen and oxygen atoms in total. The number of rotatable bonds is 4. The molecule has 1 atom stereocenters. The molecule has 1 fully saturated rings. The summed E-state index contributed by atoms with van der Waals surface area (Å²) in [5, 5.41) is 11.3. The molecule has 0 amide bonds. The first-order chi connectivity index (χ1) is 16.4. The molecular weight excluding hydrogens is 442 g/mol. The van der Waals surface area contributed by atoms with Crippen molar-refractivity contribution in [3.8, 4) is 0 Å². The lowest BCUT2D eigenvalue weighted by Gasteiger charge is -2.34. The van der Waals surface area contributed by atoms with Gasteiger partial charge in [0, 0.05) is 54.0 Å². The number of nitrogens with zero attached hydrogens (tertiary/aromatic N) is 2. The Labute approximate surface area is 206 Å². The van der Waals surface area contributed by atoms with Gasteiger partial charge in [-0.3, -0.25) is 4.79 Å². The molecule has 0 aromatic heterocycles. The molecule has 2 aliphatic rings. The zero-order chi connectivity index (χ0) is 24.1. The highest BCUT2D eigenvalue weighted by molar-refractivity contribution is 7.99. The quantitative estimate of drug-likeness (QED) is 0.362. The lowest BCUT2D eigenvalue weighted by Crippen LogP contribution is -2.44. The van der Waals surface area contributed by atoms with E-state index in [0.717, 1.165) is 26.2 Å². The van der Waals surface area contributed by atoms with Gasteiger partial charge in [-0.25, -0.2) is 0 Å². The Morgan fingerprint density at radius 3 is 2.24 bits per heavy atom. The van der Waals surface area contributed by atoms with Gasteiger partial charge in [0.25, 0.3) is 0 Å². The van der Waals surface area contributed by atoms with Crippen LogP contribution in [-0.2, 0) is 4.79 Å². The molecule has 3 aromatic carbocycles. The number of piperazine rings is 1. The Kier molecular flexibility index (Phi) is 7.80. The number of aliphatic carboxylic acids is 1. The van der Waals surface area contributed by atoms with Crippen LogP contribution in [0.15, 0.2) is 76.5 Å². The van der Waals surface area contributed by atoms with E-state index < -0.39 is 5.97 Å². The molecule has 6 heteroatoms. The van der Waals surface area contributed by atoms with Crippen LogP contribution in [0.3, 0.4) is 0 Å². The number of hydrogen-bond donors (Lipinski definition) is 2. The van der Waals surface area contributed by atoms with Crippen molar-refractivity contribution < 1.29 is 9.90 Å². The maximum Gasteiger partial charge on any atom is 0.303 e. The number of benzene rings is 3. The zero-order valence-electron chi connectivity index (χ0n) is 20.1. The Hall–Kier alpha value is -2.96. The number of nitrogens with one attached hydrogen (secondary N) is 1. The molecule has 0 bridgehead atoms. The van der Waals surface area contributed by atoms with Crippen LogP contribution in [0.1, 0.15) is 37.3 Å². The van der Waals surface area contributed by atoms with E-state index in [4.69, 9.17) is 5.11 Å². The van der Waals surface area contributed by atoms with Gasteiger partial charge in [-0.2, -0.15) is 0 Å². The van der Waals surface area contributed by atoms with Gasteiger partial charge >= 0.3 is 5.97 Å². The summed E-state index contributed by atoms with van der Waals surface area (Å²) in [5.41, 5.74) is 6.47. The molecule has 0 saturated carbocycles. The van der Waals surface area contributed by atoms with Crippen LogP contribution in [-0.4, -0.2) is 49.2 Å². The molecule has 0 radical (unpaired) electrons. The van der Waals surface area contributed by atoms with Crippen LogP contribution in [0.2, 0.25) is 0 Å². The predicted octanol–water partition coefficient (Wildman–Crippen LogP) is 6.28. The third-order valence-electron chi connectivity index (χ3n) is 6.44. The smallest absolute Gasteiger partial charge is 0.303 e. The van der Waals surface area contributed by atoms with Gasteiger partial charge in [0.15, 0.2) is 0 Å². The second kappa shape index (κ2) is 11.0. The molecule has 2 N–H and O–H groups in total. The number of anilines is 3. The van der Waals surface area contributed by atoms with Crippen molar-refractivity contribution in [1.29, 1.82) is 0 Å². The van der Waals surface area contributed by atoms with E-state index in [1.54, 1.807) is 6.92 Å². The molecule has 178 valence electrons. The molecule has 0 spiro atoms. The highest BCUT2D eigenvalue weighted by Gasteiger charge is 2.18. The van der Waals surface area contributed by atoms with E-state index in [0.29, 0.717) is 5.92 Å². The first kappa shape index (κ1) is 24.2. The van der Waals surface area contributed by atoms with Crippen molar-refractivity contribution >= 4 is 34.8 Å². The molecule has 2 heterocycles. The Morgan fingerprint density at radius 1 is 0.941 bits per heavy atom. The molecule has 0 aliphatic carbocycles. The number of carboxylic acid groups (broad SMARTS) is 1. The van der Waals surface area contributed by atoms with E-state index in [9.17, 15) is 4.79 Å². The number of carboxylic acids is 1. The van der Waals surface area contributed by atoms with Crippen molar-refractivity contribution in [2.75, 3.05) is 43.4 Å². The zero-order valence-corrected chi connectivity index (χ0v) is 20.9. The van der Waals surface area contributed by atoms with E-state index in [1.165, 1.54) is 38.0 Å². The second-order valence-electron chi connectivity index (χ2n) is 8.83. The predicted molar refractivity (Wildman–Crippen MR) is 142 cm³/mol. The fraction of sp³-hybridized carbons (Fsp3) is 0.321. The lowest BCUT2D eigenvalue weighted by molar-refractivity contribution is -0.136. The van der Waals surface area contributed by atoms with Gasteiger partial charge in [-0.15, -0.1) is 0 Å². The number of para-hydroxylation sites is 1. The maximum atomic E-state index is 9.37. The van der Waals surface area contributed by atoms with E-state index in [-0.39, 0.29) is 6.42 Å². The molecule has 3 aromatic rings. The number of fused-ring (bicyclic) bond motifs is 2. The summed E-state index contributed by atoms with van der Waals surface area (Å²) in [4.78, 5) is 16.8. The highest BCUT2D eigenvalue weighted by Crippen LogP contribution is 2.45. The summed E-state index contributed by atoms with van der Waals surface area (Å²) in [6, 6.07) is 24.6. The van der Waals surface area contributed by atoms with Crippen molar-refractivity contribution in [3.05, 3.63) is 77.9 Å². The highest BCUT2D eigenvalue weighted by atomic mass is 32.2. The van der Waals surface area contributed by atoms with Crippen molar-refractivity contribution in [3.63, 3.8) is 0 Å². The molecule has 2 aliphatic heterocycles. The van der Waals surface area contributed by atoms with Gasteiger partial charge in [0.1, 0.15) is 0 Å². The largest absolute Gasteiger partial charge is 0.481 e. The van der Waals surface area contributed by atoms with Crippen LogP contribution < -0.4 is 10.2 Å². The van der Waals surface area contributed by atoms with Crippen molar-refractivity contribution in [2.24, 2.45) is 0 Å². The monoisotopic (exact) mass is 475 g/mol. The van der Waals surface area contributed by atoms with E-state index >= 15 is 0 Å². The van der Waals surface area contributed by atoms with Crippen LogP contribution >= 0.6 is 11.8 Å². The minimum atomic E-state index is -0.745. The number of likely N-dealkylation sites (N-methyl/N-ethyl adjacent to an activating group) is 1. The molecule has 5 rings (SSSR count). The minimum Gasteiger partial charge on any atom is -0.481 e. The van der Waals surface area contributed by atoms with Crippen LogP contribution in [0.5, 0.6) is 0 Å². The lowest BCUT2D eigenvalue weighted by atomic mass is 9.92. The third kappa shape index (κ3) is 5.75. The standard InChI is InChI=1S/C25H27N3S.C3H6O2/c1-18(19-7-10-21(11-8-19)28-15-13-27(2)14-16-28)20-9-12-25-23(17-20)26-22-5-3-4-6-24(22)29-25;1-2-3(4)5/h3-12,17-18,26H,13-16H2,1-2H3;2H2,1H3,(H,4,5). The minimum absolute atomic E-state index is 0.222. The fourth-order valence-electron chi connectivity index (χ4n) is 4.16. The fourth-order valence-corrected chi connectivity index (χ4v) is 5.13. The molecule has 34 heavy (non-hydrogen) atoms. The maximum absolute atomic E-state index is 9.37. The van der Waals surface area contributed by atoms with Crippen LogP contribution in [0.25, 0.3) is 0 Å². The first-order valence-electron chi connectivity index (χ1n) is 11.9. The van der Waals surface area contributed by atoms with Gasteiger partial charge in [-0.1, -0.05) is 55.9 Å². The summed E-state index contributed by atoms with van der Waals surface area (Å²) in [6.07, 6.45) is 0.222. The van der Waals surface area contributed by atoms with E-state index in [1.807, 2.05) is 11.8 Å². The Morgan fingerprint density at radius 2 is 1.56 bits per heavy atom. The topological polar surface area (TPSA) is 55.8 Å². The number of hydrogen-bond acceptors (Lipinski definition) is 5. The second-order valence-corrected chi connectivity index (χ2v) is 9.91. The molecule has 1 saturated heterocycles. The van der Waals surface area contributed by atoms with Crippen LogP contribution in [0.4, 0.5) is 17.1 Å². The van der Waals surface area contributed by atoms with Gasteiger partial charge in [0.05, 0.1) is 11.4 Å². The van der Waals surface area contributed by atoms with Gasteiger partial charge in [0.2, 0.25) is 0 Å². The SMILES string of the molecule is CC(c1ccc(N2CCN(C)CC2)cc1)c1ccc2c(c1)Nc1ccccc1S2.CCC(=O)O. The summed E-state index contributed by atoms with van der Waals surface area (Å²) in [5.74, 6) is -0.379. The summed E-state index contributed by atoms with van der Waals surface area (Å²) < 4.78 is 0. The number of carbonyl (C=O) groups is 1. The molecule has 1 unspecified atom stereocenters. The Bertz CT molecular complexity index is 1120. The average Bonchev–Trinajstić information content (AvgIpc) is 2.87. The Balaban J connectivity index is 0.000000499. The molecular formula is C28H33N3O2S. The van der Waals surface area contributed by atoms with Crippen molar-refractivity contribution in [1.82, 2.24) is 4.90 Å². The van der Waals surface area contributed by atoms with Gasteiger partial charge < -0.3 is 20.2 Å². The summed E-state index contributed by atoms with van der Waals surface area (Å²) >= 11 is 1.85.